The molecule has 2 saturated heterocycles. The zero-order valence-electron chi connectivity index (χ0n) is 15.0. The van der Waals surface area contributed by atoms with Crippen molar-refractivity contribution in [2.45, 2.75) is 44.8 Å². The van der Waals surface area contributed by atoms with E-state index in [-0.39, 0.29) is 12.0 Å². The molecule has 6 nitrogen and oxygen atoms in total. The Bertz CT molecular complexity index is 368. The van der Waals surface area contributed by atoms with Crippen molar-refractivity contribution < 1.29 is 14.3 Å². The average molecular weight is 327 g/mol. The normalized spacial score (nSPS) is 24.3. The van der Waals surface area contributed by atoms with Gasteiger partial charge in [-0.25, -0.2) is 0 Å². The van der Waals surface area contributed by atoms with E-state index in [9.17, 15) is 4.79 Å². The number of hydrogen-bond acceptors (Lipinski definition) is 5. The van der Waals surface area contributed by atoms with Gasteiger partial charge in [-0.2, -0.15) is 0 Å². The highest BCUT2D eigenvalue weighted by Gasteiger charge is 2.44. The molecular formula is C17H33N3O3. The first-order valence-electron chi connectivity index (χ1n) is 9.04. The molecule has 134 valence electrons. The second kappa shape index (κ2) is 8.97. The van der Waals surface area contributed by atoms with E-state index < -0.39 is 5.60 Å². The number of nitrogens with one attached hydrogen (secondary N) is 1. The first kappa shape index (κ1) is 18.6. The molecule has 23 heavy (non-hydrogen) atoms. The van der Waals surface area contributed by atoms with Crippen molar-refractivity contribution in [3.8, 4) is 0 Å². The third-order valence-corrected chi connectivity index (χ3v) is 5.28. The number of nitrogens with zero attached hydrogens (tertiary/aromatic N) is 2. The molecule has 2 aliphatic heterocycles. The van der Waals surface area contributed by atoms with Gasteiger partial charge in [0.2, 0.25) is 0 Å². The molecule has 0 aliphatic carbocycles. The van der Waals surface area contributed by atoms with Crippen LogP contribution >= 0.6 is 0 Å². The van der Waals surface area contributed by atoms with Gasteiger partial charge in [0.05, 0.1) is 12.7 Å². The maximum absolute atomic E-state index is 12.9. The molecule has 1 atom stereocenters. The van der Waals surface area contributed by atoms with Crippen molar-refractivity contribution in [2.24, 2.45) is 0 Å². The van der Waals surface area contributed by atoms with Gasteiger partial charge in [-0.1, -0.05) is 13.8 Å². The molecule has 2 heterocycles. The van der Waals surface area contributed by atoms with Crippen LogP contribution in [0, 0.1) is 0 Å². The van der Waals surface area contributed by atoms with Crippen molar-refractivity contribution in [3.05, 3.63) is 0 Å². The van der Waals surface area contributed by atoms with Crippen molar-refractivity contribution in [2.75, 3.05) is 59.5 Å². The monoisotopic (exact) mass is 327 g/mol. The first-order valence-corrected chi connectivity index (χ1v) is 9.04. The standard InChI is InChI=1S/C17H33N3O3/c1-4-19(5-2)12-13-23-15-6-11-20(14-15)16(21)17(22-3)7-9-18-10-8-17/h15,18H,4-14H2,1-3H3. The summed E-state index contributed by atoms with van der Waals surface area (Å²) in [7, 11) is 1.66. The largest absolute Gasteiger partial charge is 0.375 e. The molecule has 0 radical (unpaired) electrons. The van der Waals surface area contributed by atoms with Crippen LogP contribution in [0.5, 0.6) is 0 Å². The second-order valence-electron chi connectivity index (χ2n) is 6.51. The van der Waals surface area contributed by atoms with E-state index in [1.54, 1.807) is 7.11 Å². The van der Waals surface area contributed by atoms with Gasteiger partial charge in [-0.15, -0.1) is 0 Å². The van der Waals surface area contributed by atoms with Crippen LogP contribution in [0.2, 0.25) is 0 Å². The molecule has 1 amide bonds. The molecule has 2 aliphatic rings. The first-order chi connectivity index (χ1) is 11.1. The van der Waals surface area contributed by atoms with Crippen molar-refractivity contribution in [1.82, 2.24) is 15.1 Å². The van der Waals surface area contributed by atoms with Crippen LogP contribution in [0.4, 0.5) is 0 Å². The minimum Gasteiger partial charge on any atom is -0.375 e. The molecule has 6 heteroatoms. The molecule has 1 N–H and O–H groups in total. The molecule has 2 rings (SSSR count). The number of hydrogen-bond donors (Lipinski definition) is 1. The molecule has 2 fully saturated rings. The summed E-state index contributed by atoms with van der Waals surface area (Å²) in [6.07, 6.45) is 2.62. The van der Waals surface area contributed by atoms with Gasteiger partial charge >= 0.3 is 0 Å². The quantitative estimate of drug-likeness (QED) is 0.712. The highest BCUT2D eigenvalue weighted by molar-refractivity contribution is 5.85. The SMILES string of the molecule is CCN(CC)CCOC1CCN(C(=O)C2(OC)CCNCC2)C1. The highest BCUT2D eigenvalue weighted by atomic mass is 16.5. The molecule has 0 aromatic carbocycles. The summed E-state index contributed by atoms with van der Waals surface area (Å²) in [6.45, 7) is 11.3. The van der Waals surface area contributed by atoms with Gasteiger partial charge in [-0.3, -0.25) is 4.79 Å². The van der Waals surface area contributed by atoms with Gasteiger partial charge in [0, 0.05) is 26.7 Å². The summed E-state index contributed by atoms with van der Waals surface area (Å²) in [5.74, 6) is 0.149. The predicted molar refractivity (Wildman–Crippen MR) is 90.6 cm³/mol. The smallest absolute Gasteiger partial charge is 0.254 e. The fourth-order valence-corrected chi connectivity index (χ4v) is 3.56. The van der Waals surface area contributed by atoms with Gasteiger partial charge < -0.3 is 24.6 Å². The topological polar surface area (TPSA) is 54.0 Å². The lowest BCUT2D eigenvalue weighted by Gasteiger charge is -2.37. The van der Waals surface area contributed by atoms with Crippen molar-refractivity contribution in [1.29, 1.82) is 0 Å². The van der Waals surface area contributed by atoms with Crippen LogP contribution in [0.3, 0.4) is 0 Å². The number of amides is 1. The number of likely N-dealkylation sites (N-methyl/N-ethyl adjacent to an activating group) is 1. The van der Waals surface area contributed by atoms with E-state index in [4.69, 9.17) is 9.47 Å². The van der Waals surface area contributed by atoms with Crippen molar-refractivity contribution >= 4 is 5.91 Å². The van der Waals surface area contributed by atoms with Crippen LogP contribution in [-0.2, 0) is 14.3 Å². The van der Waals surface area contributed by atoms with Gasteiger partial charge in [0.1, 0.15) is 5.60 Å². The molecular weight excluding hydrogens is 294 g/mol. The van der Waals surface area contributed by atoms with Crippen molar-refractivity contribution in [3.63, 3.8) is 0 Å². The van der Waals surface area contributed by atoms with E-state index in [0.717, 1.165) is 65.1 Å². The second-order valence-corrected chi connectivity index (χ2v) is 6.51. The Kier molecular flexibility index (Phi) is 7.27. The van der Waals surface area contributed by atoms with E-state index >= 15 is 0 Å². The number of likely N-dealkylation sites (tertiary alicyclic amines) is 1. The summed E-state index contributed by atoms with van der Waals surface area (Å²) in [5.41, 5.74) is -0.624. The van der Waals surface area contributed by atoms with E-state index in [1.165, 1.54) is 0 Å². The zero-order valence-corrected chi connectivity index (χ0v) is 15.0. The predicted octanol–water partition coefficient (Wildman–Crippen LogP) is 0.714. The maximum Gasteiger partial charge on any atom is 0.254 e. The van der Waals surface area contributed by atoms with E-state index in [1.807, 2.05) is 4.90 Å². The Balaban J connectivity index is 1.78. The van der Waals surface area contributed by atoms with Crippen LogP contribution in [0.1, 0.15) is 33.1 Å². The minimum absolute atomic E-state index is 0.149. The summed E-state index contributed by atoms with van der Waals surface area (Å²) in [5, 5.41) is 3.30. The van der Waals surface area contributed by atoms with Crippen LogP contribution in [0.15, 0.2) is 0 Å². The highest BCUT2D eigenvalue weighted by Crippen LogP contribution is 2.27. The lowest BCUT2D eigenvalue weighted by Crippen LogP contribution is -2.55. The zero-order chi connectivity index (χ0) is 16.7. The minimum atomic E-state index is -0.624. The van der Waals surface area contributed by atoms with Crippen LogP contribution in [-0.4, -0.2) is 86.9 Å². The number of carbonyl (C=O) groups excluding carboxylic acids is 1. The average Bonchev–Trinajstić information content (AvgIpc) is 3.07. The third-order valence-electron chi connectivity index (χ3n) is 5.28. The van der Waals surface area contributed by atoms with Crippen LogP contribution in [0.25, 0.3) is 0 Å². The number of rotatable bonds is 8. The molecule has 0 saturated carbocycles. The maximum atomic E-state index is 12.9. The fraction of sp³-hybridized carbons (Fsp3) is 0.941. The van der Waals surface area contributed by atoms with E-state index in [2.05, 4.69) is 24.1 Å². The Morgan fingerprint density at radius 1 is 1.30 bits per heavy atom. The Hall–Kier alpha value is -0.690. The molecule has 0 spiro atoms. The Morgan fingerprint density at radius 3 is 2.61 bits per heavy atom. The molecule has 0 aromatic heterocycles. The summed E-state index contributed by atoms with van der Waals surface area (Å²) in [4.78, 5) is 17.2. The third kappa shape index (κ3) is 4.66. The lowest BCUT2D eigenvalue weighted by molar-refractivity contribution is -0.157. The molecule has 1 unspecified atom stereocenters. The fourth-order valence-electron chi connectivity index (χ4n) is 3.56. The summed E-state index contributed by atoms with van der Waals surface area (Å²) in [6, 6.07) is 0. The summed E-state index contributed by atoms with van der Waals surface area (Å²) < 4.78 is 11.6. The number of piperidine rings is 1. The van der Waals surface area contributed by atoms with Crippen LogP contribution < -0.4 is 5.32 Å². The number of methoxy groups -OCH3 is 1. The van der Waals surface area contributed by atoms with Gasteiger partial charge in [0.15, 0.2) is 0 Å². The summed E-state index contributed by atoms with van der Waals surface area (Å²) >= 11 is 0. The number of carbonyl (C=O) groups is 1. The molecule has 0 aromatic rings. The van der Waals surface area contributed by atoms with Gasteiger partial charge in [-0.05, 0) is 45.4 Å². The van der Waals surface area contributed by atoms with Gasteiger partial charge in [0.25, 0.3) is 5.91 Å². The Morgan fingerprint density at radius 2 is 2.00 bits per heavy atom. The Labute approximate surface area is 140 Å². The van der Waals surface area contributed by atoms with E-state index in [0.29, 0.717) is 6.54 Å². The lowest BCUT2D eigenvalue weighted by atomic mass is 9.90. The molecule has 0 bridgehead atoms. The number of ether oxygens (including phenoxy) is 2.